The van der Waals surface area contributed by atoms with Crippen LogP contribution in [0.25, 0.3) is 11.1 Å². The Hall–Kier alpha value is -4.61. The number of rotatable bonds is 8. The molecule has 3 rings (SSSR count). The Morgan fingerprint density at radius 3 is 1.92 bits per heavy atom. The van der Waals surface area contributed by atoms with Crippen molar-refractivity contribution < 1.29 is 37.3 Å². The van der Waals surface area contributed by atoms with Crippen molar-refractivity contribution in [2.75, 3.05) is 10.6 Å². The van der Waals surface area contributed by atoms with Crippen LogP contribution in [0.15, 0.2) is 77.7 Å². The van der Waals surface area contributed by atoms with Crippen LogP contribution >= 0.6 is 0 Å². The highest BCUT2D eigenvalue weighted by Crippen LogP contribution is 2.33. The van der Waals surface area contributed by atoms with Gasteiger partial charge in [-0.05, 0) is 66.9 Å². The van der Waals surface area contributed by atoms with Crippen LogP contribution in [-0.4, -0.2) is 41.6 Å². The summed E-state index contributed by atoms with van der Waals surface area (Å²) in [4.78, 5) is 45.8. The second kappa shape index (κ2) is 11.0. The Morgan fingerprint density at radius 1 is 0.811 bits per heavy atom. The molecule has 3 aromatic rings. The summed E-state index contributed by atoms with van der Waals surface area (Å²) in [6, 6.07) is 14.3. The minimum Gasteiger partial charge on any atom is -0.744 e. The molecule has 0 spiro atoms. The van der Waals surface area contributed by atoms with Crippen LogP contribution in [0.1, 0.15) is 33.2 Å². The zero-order valence-corrected chi connectivity index (χ0v) is 20.5. The normalized spacial score (nSPS) is 11.2. The maximum atomic E-state index is 12.6. The molecule has 0 fully saturated rings. The Bertz CT molecular complexity index is 1540. The van der Waals surface area contributed by atoms with Gasteiger partial charge in [-0.25, -0.2) is 13.2 Å². The van der Waals surface area contributed by atoms with Crippen molar-refractivity contribution in [2.24, 2.45) is 0 Å². The van der Waals surface area contributed by atoms with Gasteiger partial charge in [-0.3, -0.25) is 14.4 Å². The van der Waals surface area contributed by atoms with E-state index in [1.54, 1.807) is 6.92 Å². The number of carbonyl (C=O) groups is 4. The van der Waals surface area contributed by atoms with Gasteiger partial charge in [0.05, 0.1) is 4.90 Å². The van der Waals surface area contributed by atoms with Crippen LogP contribution in [0, 0.1) is 6.92 Å². The fourth-order valence-corrected chi connectivity index (χ4v) is 4.18. The lowest BCUT2D eigenvalue weighted by molar-refractivity contribution is -0.131. The molecule has 0 aliphatic carbocycles. The lowest BCUT2D eigenvalue weighted by atomic mass is 9.99. The van der Waals surface area contributed by atoms with Crippen molar-refractivity contribution in [3.63, 3.8) is 0 Å². The predicted octanol–water partition coefficient (Wildman–Crippen LogP) is 3.60. The van der Waals surface area contributed by atoms with Gasteiger partial charge in [0.15, 0.2) is 5.78 Å². The summed E-state index contributed by atoms with van der Waals surface area (Å²) in [6.45, 7) is 3.03. The quantitative estimate of drug-likeness (QED) is 0.229. The first kappa shape index (κ1) is 27.0. The third kappa shape index (κ3) is 6.97. The second-order valence-electron chi connectivity index (χ2n) is 7.94. The molecule has 3 N–H and O–H groups in total. The van der Waals surface area contributed by atoms with Crippen LogP contribution < -0.4 is 10.6 Å². The number of aliphatic carboxylic acids is 1. The van der Waals surface area contributed by atoms with Gasteiger partial charge < -0.3 is 20.3 Å². The van der Waals surface area contributed by atoms with Crippen LogP contribution in [0.4, 0.5) is 11.4 Å². The molecule has 37 heavy (non-hydrogen) atoms. The molecule has 0 unspecified atom stereocenters. The smallest absolute Gasteiger partial charge is 0.328 e. The molecule has 3 aromatic carbocycles. The van der Waals surface area contributed by atoms with Gasteiger partial charge in [0.25, 0.3) is 5.91 Å². The van der Waals surface area contributed by atoms with E-state index in [1.807, 2.05) is 0 Å². The number of aryl methyl sites for hydroxylation is 1. The molecule has 0 bridgehead atoms. The average Bonchev–Trinajstić information content (AvgIpc) is 2.82. The molecule has 0 saturated heterocycles. The zero-order chi connectivity index (χ0) is 27.3. The van der Waals surface area contributed by atoms with Crippen molar-refractivity contribution in [2.45, 2.75) is 18.7 Å². The fraction of sp³-hybridized carbons (Fsp3) is 0.0769. The maximum absolute atomic E-state index is 12.6. The van der Waals surface area contributed by atoms with E-state index in [2.05, 4.69) is 10.6 Å². The van der Waals surface area contributed by atoms with Crippen LogP contribution in [0.5, 0.6) is 0 Å². The first-order chi connectivity index (χ1) is 17.3. The number of carbonyl (C=O) groups excluding carboxylic acids is 3. The largest absolute Gasteiger partial charge is 0.744 e. The van der Waals surface area contributed by atoms with Crippen LogP contribution in [0.3, 0.4) is 0 Å². The molecule has 10 nitrogen and oxygen atoms in total. The summed E-state index contributed by atoms with van der Waals surface area (Å²) in [5, 5.41) is 13.6. The maximum Gasteiger partial charge on any atom is 0.328 e. The number of Topliss-reactive ketones (excluding diaryl/α,β-unsaturated/α-hetero) is 1. The Balaban J connectivity index is 1.90. The van der Waals surface area contributed by atoms with Crippen molar-refractivity contribution >= 4 is 45.1 Å². The summed E-state index contributed by atoms with van der Waals surface area (Å²) in [6.07, 6.45) is 1.53. The Kier molecular flexibility index (Phi) is 8.01. The predicted molar refractivity (Wildman–Crippen MR) is 134 cm³/mol. The van der Waals surface area contributed by atoms with E-state index in [0.717, 1.165) is 12.1 Å². The molecule has 11 heteroatoms. The van der Waals surface area contributed by atoms with Crippen LogP contribution in [0.2, 0.25) is 0 Å². The molecular weight excluding hydrogens is 500 g/mol. The average molecular weight is 522 g/mol. The van der Waals surface area contributed by atoms with Gasteiger partial charge >= 0.3 is 5.97 Å². The SMILES string of the molecule is CC(=O)c1ccc(C(=O)Nc2ccc(-c3ccc(NC(=O)/C=C/C(=O)O)cc3C)c(S(=O)(=O)[O-])c2)cc1. The van der Waals surface area contributed by atoms with Crippen LogP contribution in [-0.2, 0) is 19.7 Å². The summed E-state index contributed by atoms with van der Waals surface area (Å²) in [7, 11) is -4.95. The molecule has 0 saturated carbocycles. The number of carboxylic acids is 1. The topological polar surface area (TPSA) is 170 Å². The molecule has 0 aliphatic heterocycles. The third-order valence-electron chi connectivity index (χ3n) is 5.22. The number of anilines is 2. The van der Waals surface area contributed by atoms with Gasteiger partial charge in [-0.1, -0.05) is 24.3 Å². The van der Waals surface area contributed by atoms with E-state index in [-0.39, 0.29) is 22.6 Å². The van der Waals surface area contributed by atoms with Crippen molar-refractivity contribution in [3.05, 3.63) is 89.5 Å². The van der Waals surface area contributed by atoms with Crippen molar-refractivity contribution in [1.82, 2.24) is 0 Å². The minimum absolute atomic E-state index is 0.0746. The van der Waals surface area contributed by atoms with Crippen molar-refractivity contribution in [1.29, 1.82) is 0 Å². The molecule has 0 radical (unpaired) electrons. The highest BCUT2D eigenvalue weighted by atomic mass is 32.2. The molecule has 0 heterocycles. The number of ketones is 1. The monoisotopic (exact) mass is 521 g/mol. The lowest BCUT2D eigenvalue weighted by Crippen LogP contribution is -2.13. The third-order valence-corrected chi connectivity index (χ3v) is 6.10. The van der Waals surface area contributed by atoms with Gasteiger partial charge in [0.2, 0.25) is 5.91 Å². The first-order valence-electron chi connectivity index (χ1n) is 10.7. The van der Waals surface area contributed by atoms with E-state index < -0.39 is 32.8 Å². The summed E-state index contributed by atoms with van der Waals surface area (Å²) in [5.74, 6) is -2.68. The molecule has 0 aromatic heterocycles. The fourth-order valence-electron chi connectivity index (χ4n) is 3.46. The van der Waals surface area contributed by atoms with E-state index in [0.29, 0.717) is 28.5 Å². The Morgan fingerprint density at radius 2 is 1.38 bits per heavy atom. The van der Waals surface area contributed by atoms with E-state index in [4.69, 9.17) is 5.11 Å². The zero-order valence-electron chi connectivity index (χ0n) is 19.6. The summed E-state index contributed by atoms with van der Waals surface area (Å²) >= 11 is 0. The number of amides is 2. The number of hydrogen-bond acceptors (Lipinski definition) is 7. The first-order valence-corrected chi connectivity index (χ1v) is 12.1. The van der Waals surface area contributed by atoms with Gasteiger partial charge in [0.1, 0.15) is 10.1 Å². The highest BCUT2D eigenvalue weighted by Gasteiger charge is 2.16. The number of benzene rings is 3. The Labute approximate surface area is 212 Å². The van der Waals surface area contributed by atoms with E-state index in [1.165, 1.54) is 61.5 Å². The molecule has 0 atom stereocenters. The molecular formula is C26H21N2O8S-. The number of carboxylic acid groups (broad SMARTS) is 1. The summed E-state index contributed by atoms with van der Waals surface area (Å²) in [5.41, 5.74) is 2.07. The van der Waals surface area contributed by atoms with Crippen molar-refractivity contribution in [3.8, 4) is 11.1 Å². The van der Waals surface area contributed by atoms with E-state index in [9.17, 15) is 32.1 Å². The van der Waals surface area contributed by atoms with Gasteiger partial charge in [-0.15, -0.1) is 0 Å². The molecule has 0 aliphatic rings. The second-order valence-corrected chi connectivity index (χ2v) is 9.29. The molecule has 2 amide bonds. The van der Waals surface area contributed by atoms with Gasteiger partial charge in [0, 0.05) is 34.7 Å². The van der Waals surface area contributed by atoms with E-state index >= 15 is 0 Å². The minimum atomic E-state index is -4.95. The summed E-state index contributed by atoms with van der Waals surface area (Å²) < 4.78 is 36.2. The lowest BCUT2D eigenvalue weighted by Gasteiger charge is -2.17. The molecule has 190 valence electrons. The standard InChI is InChI=1S/C26H22N2O8S/c1-15-13-19(27-24(30)11-12-25(31)32)7-9-21(15)22-10-8-20(14-23(22)37(34,35)36)28-26(33)18-5-3-17(4-6-18)16(2)29/h3-14H,1-2H3,(H,27,30)(H,28,33)(H,31,32)(H,34,35,36)/p-1/b12-11+. The highest BCUT2D eigenvalue weighted by molar-refractivity contribution is 7.85. The van der Waals surface area contributed by atoms with Gasteiger partial charge in [-0.2, -0.15) is 0 Å². The number of nitrogens with one attached hydrogen (secondary N) is 2. The number of hydrogen-bond donors (Lipinski definition) is 3.